The third kappa shape index (κ3) is 6.28. The van der Waals surface area contributed by atoms with Gasteiger partial charge in [0, 0.05) is 41.0 Å². The van der Waals surface area contributed by atoms with Gasteiger partial charge in [-0.25, -0.2) is 4.98 Å². The summed E-state index contributed by atoms with van der Waals surface area (Å²) in [4.78, 5) is 17.4. The monoisotopic (exact) mass is 617 g/mol. The number of nitriles is 1. The van der Waals surface area contributed by atoms with E-state index in [2.05, 4.69) is 33.0 Å². The zero-order valence-corrected chi connectivity index (χ0v) is 23.7. The van der Waals surface area contributed by atoms with Crippen LogP contribution in [0.15, 0.2) is 83.5 Å². The topological polar surface area (TPSA) is 95.7 Å². The smallest absolute Gasteiger partial charge is 0.320 e. The summed E-state index contributed by atoms with van der Waals surface area (Å²) in [5.74, 6) is 0.134. The Hall–Kier alpha value is -3.90. The largest absolute Gasteiger partial charge is 0.488 e. The first-order valence-electron chi connectivity index (χ1n) is 12.7. The van der Waals surface area contributed by atoms with Crippen molar-refractivity contribution in [1.82, 2.24) is 9.88 Å². The molecular weight excluding hydrogens is 594 g/mol. The van der Waals surface area contributed by atoms with Crippen molar-refractivity contribution in [2.24, 2.45) is 0 Å². The molecule has 0 bridgehead atoms. The number of ether oxygens (including phenoxy) is 2. The van der Waals surface area contributed by atoms with Crippen molar-refractivity contribution in [3.8, 4) is 28.7 Å². The molecule has 0 spiro atoms. The Kier molecular flexibility index (Phi) is 8.66. The normalized spacial score (nSPS) is 14.7. The molecule has 40 heavy (non-hydrogen) atoms. The van der Waals surface area contributed by atoms with Gasteiger partial charge in [0.15, 0.2) is 0 Å². The Bertz CT molecular complexity index is 1580. The summed E-state index contributed by atoms with van der Waals surface area (Å²) in [6.45, 7) is 1.51. The third-order valence-corrected chi connectivity index (χ3v) is 8.02. The van der Waals surface area contributed by atoms with Crippen LogP contribution in [0.1, 0.15) is 28.8 Å². The fourth-order valence-electron chi connectivity index (χ4n) is 4.55. The number of halogens is 2. The number of aliphatic carboxylic acids is 1. The van der Waals surface area contributed by atoms with Gasteiger partial charge in [0.2, 0.25) is 0 Å². The Morgan fingerprint density at radius 3 is 2.58 bits per heavy atom. The minimum atomic E-state index is -0.844. The van der Waals surface area contributed by atoms with E-state index in [1.165, 1.54) is 0 Å². The second-order valence-corrected chi connectivity index (χ2v) is 10.6. The first-order chi connectivity index (χ1) is 19.4. The van der Waals surface area contributed by atoms with Gasteiger partial charge in [-0.05, 0) is 57.2 Å². The van der Waals surface area contributed by atoms with Crippen LogP contribution in [0.2, 0.25) is 5.02 Å². The van der Waals surface area contributed by atoms with Crippen LogP contribution in [0.4, 0.5) is 0 Å². The number of nitrogens with zero attached hydrogens (tertiary/aromatic N) is 3. The molecule has 5 rings (SSSR count). The summed E-state index contributed by atoms with van der Waals surface area (Å²) in [5, 5.41) is 19.1. The molecular formula is C31H25BrClN3O4. The number of pyridine rings is 1. The molecule has 1 aliphatic heterocycles. The van der Waals surface area contributed by atoms with Crippen molar-refractivity contribution in [3.63, 3.8) is 0 Å². The number of benzene rings is 3. The SMILES string of the molecule is N#Cc1cc(COc2cc(OCc3cccc(-c4ccccc4)c3Br)c(Cl)cc2CN2CCC2C(=O)O)ccn1. The van der Waals surface area contributed by atoms with Crippen LogP contribution in [0.25, 0.3) is 11.1 Å². The van der Waals surface area contributed by atoms with Gasteiger partial charge in [0.25, 0.3) is 0 Å². The average molecular weight is 619 g/mol. The second-order valence-electron chi connectivity index (χ2n) is 9.39. The minimum Gasteiger partial charge on any atom is -0.488 e. The maximum absolute atomic E-state index is 11.6. The highest BCUT2D eigenvalue weighted by Gasteiger charge is 2.34. The predicted molar refractivity (Wildman–Crippen MR) is 155 cm³/mol. The summed E-state index contributed by atoms with van der Waals surface area (Å²) in [7, 11) is 0. The van der Waals surface area contributed by atoms with E-state index in [1.54, 1.807) is 30.5 Å². The van der Waals surface area contributed by atoms with Crippen molar-refractivity contribution in [3.05, 3.63) is 111 Å². The molecule has 1 saturated heterocycles. The molecule has 0 radical (unpaired) electrons. The molecule has 4 aromatic rings. The van der Waals surface area contributed by atoms with Gasteiger partial charge in [-0.1, -0.05) is 60.1 Å². The Morgan fingerprint density at radius 2 is 1.85 bits per heavy atom. The van der Waals surface area contributed by atoms with Crippen molar-refractivity contribution in [1.29, 1.82) is 5.26 Å². The first-order valence-corrected chi connectivity index (χ1v) is 13.8. The summed E-state index contributed by atoms with van der Waals surface area (Å²) < 4.78 is 13.3. The molecule has 7 nitrogen and oxygen atoms in total. The standard InChI is InChI=1S/C31H25BrClN3O4/c32-30-22(7-4-8-25(30)21-5-2-1-3-6-21)19-40-29-15-28(39-18-20-9-11-35-24(13-20)16-34)23(14-26(29)33)17-36-12-10-27(36)31(37)38/h1-9,11,13-15,27H,10,12,17-19H2,(H,37,38). The fraction of sp³-hybridized carbons (Fsp3) is 0.194. The third-order valence-electron chi connectivity index (χ3n) is 6.78. The van der Waals surface area contributed by atoms with Crippen molar-refractivity contribution in [2.75, 3.05) is 6.54 Å². The molecule has 2 heterocycles. The van der Waals surface area contributed by atoms with Crippen LogP contribution in [0, 0.1) is 11.3 Å². The van der Waals surface area contributed by atoms with E-state index >= 15 is 0 Å². The first kappa shape index (κ1) is 27.7. The van der Waals surface area contributed by atoms with Crippen LogP contribution in [-0.4, -0.2) is 33.5 Å². The lowest BCUT2D eigenvalue weighted by Crippen LogP contribution is -2.51. The van der Waals surface area contributed by atoms with E-state index in [0.29, 0.717) is 41.7 Å². The van der Waals surface area contributed by atoms with Gasteiger partial charge in [0.1, 0.15) is 42.5 Å². The molecule has 0 amide bonds. The van der Waals surface area contributed by atoms with Crippen LogP contribution >= 0.6 is 27.5 Å². The lowest BCUT2D eigenvalue weighted by atomic mass is 10.0. The second kappa shape index (κ2) is 12.5. The molecule has 9 heteroatoms. The maximum Gasteiger partial charge on any atom is 0.320 e. The van der Waals surface area contributed by atoms with Crippen LogP contribution in [0.3, 0.4) is 0 Å². The molecule has 1 fully saturated rings. The van der Waals surface area contributed by atoms with E-state index in [0.717, 1.165) is 32.3 Å². The summed E-state index contributed by atoms with van der Waals surface area (Å²) in [5.41, 5.74) is 4.94. The molecule has 1 unspecified atom stereocenters. The number of carboxylic acid groups (broad SMARTS) is 1. The number of aromatic nitrogens is 1. The maximum atomic E-state index is 11.6. The van der Waals surface area contributed by atoms with Gasteiger partial charge < -0.3 is 14.6 Å². The molecule has 1 aliphatic rings. The van der Waals surface area contributed by atoms with Gasteiger partial charge in [0.05, 0.1) is 5.02 Å². The minimum absolute atomic E-state index is 0.193. The molecule has 1 N–H and O–H groups in total. The number of hydrogen-bond acceptors (Lipinski definition) is 6. The predicted octanol–water partition coefficient (Wildman–Crippen LogP) is 6.85. The van der Waals surface area contributed by atoms with Gasteiger partial charge >= 0.3 is 5.97 Å². The van der Waals surface area contributed by atoms with Crippen molar-refractivity contribution in [2.45, 2.75) is 32.2 Å². The number of carboxylic acids is 1. The number of rotatable bonds is 10. The molecule has 0 aliphatic carbocycles. The Labute approximate surface area is 245 Å². The Balaban J connectivity index is 1.39. The zero-order chi connectivity index (χ0) is 28.1. The van der Waals surface area contributed by atoms with E-state index in [1.807, 2.05) is 47.4 Å². The summed E-state index contributed by atoms with van der Waals surface area (Å²) in [6.07, 6.45) is 2.17. The highest BCUT2D eigenvalue weighted by Crippen LogP contribution is 2.37. The molecule has 3 aromatic carbocycles. The highest BCUT2D eigenvalue weighted by atomic mass is 79.9. The molecule has 1 aromatic heterocycles. The van der Waals surface area contributed by atoms with E-state index in [9.17, 15) is 15.2 Å². The fourth-order valence-corrected chi connectivity index (χ4v) is 5.40. The number of likely N-dealkylation sites (tertiary alicyclic amines) is 1. The molecule has 0 saturated carbocycles. The van der Waals surface area contributed by atoms with E-state index in [4.69, 9.17) is 21.1 Å². The highest BCUT2D eigenvalue weighted by molar-refractivity contribution is 9.10. The lowest BCUT2D eigenvalue weighted by Gasteiger charge is -2.38. The molecule has 1 atom stereocenters. The van der Waals surface area contributed by atoms with Gasteiger partial charge in [-0.2, -0.15) is 5.26 Å². The van der Waals surface area contributed by atoms with Crippen LogP contribution < -0.4 is 9.47 Å². The van der Waals surface area contributed by atoms with Crippen molar-refractivity contribution < 1.29 is 19.4 Å². The van der Waals surface area contributed by atoms with E-state index < -0.39 is 12.0 Å². The average Bonchev–Trinajstić information content (AvgIpc) is 2.95. The van der Waals surface area contributed by atoms with Crippen LogP contribution in [0.5, 0.6) is 11.5 Å². The Morgan fingerprint density at radius 1 is 1.05 bits per heavy atom. The molecule has 202 valence electrons. The number of carbonyl (C=O) groups is 1. The van der Waals surface area contributed by atoms with Crippen molar-refractivity contribution >= 4 is 33.5 Å². The van der Waals surface area contributed by atoms with E-state index in [-0.39, 0.29) is 13.2 Å². The summed E-state index contributed by atoms with van der Waals surface area (Å²) >= 11 is 10.4. The number of hydrogen-bond donors (Lipinski definition) is 1. The zero-order valence-electron chi connectivity index (χ0n) is 21.4. The lowest BCUT2D eigenvalue weighted by molar-refractivity contribution is -0.148. The van der Waals surface area contributed by atoms with Gasteiger partial charge in [-0.3, -0.25) is 9.69 Å². The quantitative estimate of drug-likeness (QED) is 0.208. The summed E-state index contributed by atoms with van der Waals surface area (Å²) in [6, 6.07) is 24.6. The van der Waals surface area contributed by atoms with Gasteiger partial charge in [-0.15, -0.1) is 0 Å². The van der Waals surface area contributed by atoms with Crippen LogP contribution in [-0.2, 0) is 24.6 Å².